The van der Waals surface area contributed by atoms with Crippen LogP contribution in [0.1, 0.15) is 27.8 Å². The lowest BCUT2D eigenvalue weighted by atomic mass is 10.1. The summed E-state index contributed by atoms with van der Waals surface area (Å²) in [6.45, 7) is 1.64. The Morgan fingerprint density at radius 2 is 1.83 bits per heavy atom. The summed E-state index contributed by atoms with van der Waals surface area (Å²) < 4.78 is 7.89. The second kappa shape index (κ2) is 11.0. The normalized spacial score (nSPS) is 11.6. The van der Waals surface area contributed by atoms with Gasteiger partial charge < -0.3 is 4.74 Å². The molecule has 0 aliphatic carbocycles. The first-order valence-electron chi connectivity index (χ1n) is 10.6. The second-order valence-electron chi connectivity index (χ2n) is 7.56. The highest BCUT2D eigenvalue weighted by molar-refractivity contribution is 7.99. The van der Waals surface area contributed by atoms with E-state index in [1.165, 1.54) is 11.8 Å². The molecule has 4 rings (SSSR count). The van der Waals surface area contributed by atoms with Gasteiger partial charge in [-0.2, -0.15) is 5.26 Å². The van der Waals surface area contributed by atoms with Crippen molar-refractivity contribution in [1.82, 2.24) is 14.8 Å². The number of ether oxygens (including phenoxy) is 1. The third-order valence-corrected chi connectivity index (χ3v) is 6.64. The van der Waals surface area contributed by atoms with Gasteiger partial charge in [0.25, 0.3) is 0 Å². The molecule has 3 aromatic carbocycles. The number of aryl methyl sites for hydroxylation is 1. The Morgan fingerprint density at radius 3 is 2.57 bits per heavy atom. The highest BCUT2D eigenvalue weighted by atomic mass is 35.5. The molecule has 0 bridgehead atoms. The predicted octanol–water partition coefficient (Wildman–Crippen LogP) is 5.79. The summed E-state index contributed by atoms with van der Waals surface area (Å²) in [4.78, 5) is 11.3. The average molecular weight is 506 g/mol. The van der Waals surface area contributed by atoms with E-state index in [9.17, 15) is 15.4 Å². The standard InChI is InChI=1S/C25H20ClN5O3S/c1-17-28-29-25(31(17)21-12-10-20(26)11-13-21)35-24(15-30(32)33)22-8-4-5-9-23(22)34-16-19-7-3-2-6-18(19)14-27/h2-13,24H,15-16H2,1H3/t24-/m1/s1. The van der Waals surface area contributed by atoms with Crippen molar-refractivity contribution >= 4 is 23.4 Å². The monoisotopic (exact) mass is 505 g/mol. The van der Waals surface area contributed by atoms with Crippen LogP contribution in [-0.4, -0.2) is 26.2 Å². The summed E-state index contributed by atoms with van der Waals surface area (Å²) in [7, 11) is 0. The van der Waals surface area contributed by atoms with E-state index in [4.69, 9.17) is 16.3 Å². The topological polar surface area (TPSA) is 107 Å². The first-order valence-corrected chi connectivity index (χ1v) is 11.9. The van der Waals surface area contributed by atoms with E-state index in [0.717, 1.165) is 11.3 Å². The van der Waals surface area contributed by atoms with Gasteiger partial charge in [-0.05, 0) is 43.3 Å². The van der Waals surface area contributed by atoms with E-state index in [1.807, 2.05) is 54.0 Å². The molecule has 0 spiro atoms. The van der Waals surface area contributed by atoms with Crippen LogP contribution in [0, 0.1) is 28.4 Å². The number of nitro groups is 1. The van der Waals surface area contributed by atoms with Gasteiger partial charge in [-0.15, -0.1) is 10.2 Å². The van der Waals surface area contributed by atoms with Crippen molar-refractivity contribution in [3.8, 4) is 17.5 Å². The molecule has 1 heterocycles. The Bertz CT molecular complexity index is 1380. The number of nitriles is 1. The maximum atomic E-state index is 11.6. The van der Waals surface area contributed by atoms with Gasteiger partial charge in [0.1, 0.15) is 23.4 Å². The fourth-order valence-corrected chi connectivity index (χ4v) is 4.89. The van der Waals surface area contributed by atoms with Crippen molar-refractivity contribution in [2.75, 3.05) is 6.54 Å². The molecule has 4 aromatic rings. The molecule has 0 fully saturated rings. The molecule has 0 radical (unpaired) electrons. The fraction of sp³-hybridized carbons (Fsp3) is 0.160. The highest BCUT2D eigenvalue weighted by Crippen LogP contribution is 2.40. The van der Waals surface area contributed by atoms with Crippen molar-refractivity contribution in [3.05, 3.63) is 110 Å². The first kappa shape index (κ1) is 24.3. The van der Waals surface area contributed by atoms with Crippen LogP contribution in [0.15, 0.2) is 78.0 Å². The number of aromatic nitrogens is 3. The molecule has 0 N–H and O–H groups in total. The third-order valence-electron chi connectivity index (χ3n) is 5.23. The van der Waals surface area contributed by atoms with E-state index < -0.39 is 5.25 Å². The molecule has 0 aliphatic heterocycles. The van der Waals surface area contributed by atoms with Crippen molar-refractivity contribution in [2.45, 2.75) is 23.9 Å². The van der Waals surface area contributed by atoms with Crippen LogP contribution in [0.3, 0.4) is 0 Å². The molecular weight excluding hydrogens is 486 g/mol. The Balaban J connectivity index is 1.65. The number of rotatable bonds is 9. The molecule has 8 nitrogen and oxygen atoms in total. The highest BCUT2D eigenvalue weighted by Gasteiger charge is 2.26. The van der Waals surface area contributed by atoms with Crippen molar-refractivity contribution in [1.29, 1.82) is 5.26 Å². The summed E-state index contributed by atoms with van der Waals surface area (Å²) in [5.41, 5.74) is 2.72. The van der Waals surface area contributed by atoms with Gasteiger partial charge in [0.15, 0.2) is 5.16 Å². The number of nitrogens with zero attached hydrogens (tertiary/aromatic N) is 5. The fourth-order valence-electron chi connectivity index (χ4n) is 3.56. The zero-order chi connectivity index (χ0) is 24.8. The summed E-state index contributed by atoms with van der Waals surface area (Å²) in [5.74, 6) is 1.15. The summed E-state index contributed by atoms with van der Waals surface area (Å²) in [6.07, 6.45) is 0. The van der Waals surface area contributed by atoms with Crippen LogP contribution >= 0.6 is 23.4 Å². The van der Waals surface area contributed by atoms with E-state index in [1.54, 1.807) is 30.3 Å². The van der Waals surface area contributed by atoms with E-state index in [2.05, 4.69) is 16.3 Å². The zero-order valence-electron chi connectivity index (χ0n) is 18.7. The maximum absolute atomic E-state index is 11.6. The molecule has 176 valence electrons. The second-order valence-corrected chi connectivity index (χ2v) is 9.17. The largest absolute Gasteiger partial charge is 0.489 e. The summed E-state index contributed by atoms with van der Waals surface area (Å²) >= 11 is 7.27. The Hall–Kier alpha value is -3.87. The number of hydrogen-bond donors (Lipinski definition) is 0. The molecule has 0 aliphatic rings. The van der Waals surface area contributed by atoms with Crippen molar-refractivity contribution < 1.29 is 9.66 Å². The lowest BCUT2D eigenvalue weighted by Crippen LogP contribution is -2.12. The zero-order valence-corrected chi connectivity index (χ0v) is 20.2. The summed E-state index contributed by atoms with van der Waals surface area (Å²) in [5, 5.41) is 29.9. The number of benzene rings is 3. The van der Waals surface area contributed by atoms with E-state index >= 15 is 0 Å². The molecule has 0 saturated carbocycles. The van der Waals surface area contributed by atoms with Crippen molar-refractivity contribution in [2.24, 2.45) is 0 Å². The molecule has 1 atom stereocenters. The van der Waals surface area contributed by atoms with Gasteiger partial charge in [-0.3, -0.25) is 14.7 Å². The van der Waals surface area contributed by atoms with Crippen LogP contribution in [0.2, 0.25) is 5.02 Å². The lowest BCUT2D eigenvalue weighted by Gasteiger charge is -2.18. The molecule has 35 heavy (non-hydrogen) atoms. The molecule has 1 aromatic heterocycles. The van der Waals surface area contributed by atoms with Gasteiger partial charge in [-0.1, -0.05) is 59.8 Å². The average Bonchev–Trinajstić information content (AvgIpc) is 3.22. The SMILES string of the molecule is Cc1nnc(S[C@H](C[N+](=O)[O-])c2ccccc2OCc2ccccc2C#N)n1-c1ccc(Cl)cc1. The van der Waals surface area contributed by atoms with Gasteiger partial charge >= 0.3 is 0 Å². The maximum Gasteiger partial charge on any atom is 0.220 e. The molecule has 10 heteroatoms. The number of hydrogen-bond acceptors (Lipinski definition) is 7. The minimum Gasteiger partial charge on any atom is -0.489 e. The Labute approximate surface area is 211 Å². The number of thioether (sulfide) groups is 1. The van der Waals surface area contributed by atoms with Crippen LogP contribution in [0.25, 0.3) is 5.69 Å². The van der Waals surface area contributed by atoms with Crippen molar-refractivity contribution in [3.63, 3.8) is 0 Å². The minimum atomic E-state index is -0.595. The van der Waals surface area contributed by atoms with Crippen LogP contribution < -0.4 is 4.74 Å². The van der Waals surface area contributed by atoms with Gasteiger partial charge in [0.05, 0.1) is 11.6 Å². The molecule has 0 amide bonds. The van der Waals surface area contributed by atoms with Crippen LogP contribution in [-0.2, 0) is 6.61 Å². The Kier molecular flexibility index (Phi) is 7.65. The minimum absolute atomic E-state index is 0.163. The molecular formula is C25H20ClN5O3S. The first-order chi connectivity index (χ1) is 17.0. The van der Waals surface area contributed by atoms with Gasteiger partial charge in [-0.25, -0.2) is 0 Å². The summed E-state index contributed by atoms with van der Waals surface area (Å²) in [6, 6.07) is 23.7. The third kappa shape index (κ3) is 5.80. The van der Waals surface area contributed by atoms with E-state index in [-0.39, 0.29) is 18.1 Å². The van der Waals surface area contributed by atoms with Crippen LogP contribution in [0.5, 0.6) is 5.75 Å². The van der Waals surface area contributed by atoms with E-state index in [0.29, 0.717) is 32.9 Å². The number of halogens is 1. The molecule has 0 saturated heterocycles. The molecule has 0 unspecified atom stereocenters. The van der Waals surface area contributed by atoms with Crippen LogP contribution in [0.4, 0.5) is 0 Å². The number of para-hydroxylation sites is 1. The quantitative estimate of drug-likeness (QED) is 0.161. The lowest BCUT2D eigenvalue weighted by molar-refractivity contribution is -0.479. The van der Waals surface area contributed by atoms with Gasteiger partial charge in [0.2, 0.25) is 6.54 Å². The Morgan fingerprint density at radius 1 is 1.11 bits per heavy atom. The smallest absolute Gasteiger partial charge is 0.220 e. The van der Waals surface area contributed by atoms with Gasteiger partial charge in [0, 0.05) is 26.8 Å². The predicted molar refractivity (Wildman–Crippen MR) is 133 cm³/mol.